The lowest BCUT2D eigenvalue weighted by molar-refractivity contribution is 0.0681. The lowest BCUT2D eigenvalue weighted by Crippen LogP contribution is -2.10. The molecule has 0 spiro atoms. The maximum Gasteiger partial charge on any atom is 0.339 e. The second-order valence-corrected chi connectivity index (χ2v) is 4.29. The number of alkyl halides is 2. The van der Waals surface area contributed by atoms with Gasteiger partial charge in [0.15, 0.2) is 0 Å². The zero-order chi connectivity index (χ0) is 14.7. The highest BCUT2D eigenvalue weighted by Crippen LogP contribution is 2.21. The van der Waals surface area contributed by atoms with E-state index in [9.17, 15) is 13.6 Å². The predicted octanol–water partition coefficient (Wildman–Crippen LogP) is 3.01. The number of benzene rings is 1. The van der Waals surface area contributed by atoms with Crippen molar-refractivity contribution in [1.29, 1.82) is 0 Å². The van der Waals surface area contributed by atoms with Gasteiger partial charge in [0.2, 0.25) is 0 Å². The average molecular weight is 278 g/mol. The Hall–Kier alpha value is -2.37. The third kappa shape index (κ3) is 2.96. The first kappa shape index (κ1) is 14.0. The van der Waals surface area contributed by atoms with Crippen molar-refractivity contribution in [2.45, 2.75) is 19.8 Å². The van der Waals surface area contributed by atoms with Gasteiger partial charge in [-0.1, -0.05) is 24.3 Å². The smallest absolute Gasteiger partial charge is 0.339 e. The Balaban J connectivity index is 2.37. The Morgan fingerprint density at radius 3 is 2.65 bits per heavy atom. The Bertz CT molecular complexity index is 645. The summed E-state index contributed by atoms with van der Waals surface area (Å²) in [4.78, 5) is 18.4. The fourth-order valence-electron chi connectivity index (χ4n) is 1.83. The quantitative estimate of drug-likeness (QED) is 0.933. The van der Waals surface area contributed by atoms with Crippen LogP contribution in [0, 0.1) is 6.92 Å². The molecule has 0 aliphatic rings. The van der Waals surface area contributed by atoms with Crippen molar-refractivity contribution in [2.75, 3.05) is 0 Å². The van der Waals surface area contributed by atoms with Crippen LogP contribution in [0.4, 0.5) is 8.78 Å². The number of aromatic nitrogens is 2. The summed E-state index contributed by atoms with van der Waals surface area (Å²) in [7, 11) is 0. The molecule has 1 aromatic carbocycles. The molecule has 1 heterocycles. The molecule has 0 aliphatic heterocycles. The summed E-state index contributed by atoms with van der Waals surface area (Å²) < 4.78 is 25.7. The Morgan fingerprint density at radius 1 is 1.35 bits per heavy atom. The maximum absolute atomic E-state index is 12.8. The predicted molar refractivity (Wildman–Crippen MR) is 67.9 cm³/mol. The summed E-state index contributed by atoms with van der Waals surface area (Å²) in [5.74, 6) is -1.28. The van der Waals surface area contributed by atoms with E-state index in [0.29, 0.717) is 0 Å². The molecule has 1 aromatic heterocycles. The molecule has 0 amide bonds. The number of rotatable bonds is 4. The highest BCUT2D eigenvalue weighted by molar-refractivity contribution is 5.88. The van der Waals surface area contributed by atoms with Gasteiger partial charge in [-0.3, -0.25) is 0 Å². The topological polar surface area (TPSA) is 63.1 Å². The molecule has 4 nitrogen and oxygen atoms in total. The number of carboxylic acids is 1. The maximum atomic E-state index is 12.8. The number of aryl methyl sites for hydroxylation is 1. The van der Waals surface area contributed by atoms with Crippen molar-refractivity contribution in [3.05, 3.63) is 58.7 Å². The first-order valence-corrected chi connectivity index (χ1v) is 5.90. The van der Waals surface area contributed by atoms with Crippen LogP contribution in [0.3, 0.4) is 0 Å². The largest absolute Gasteiger partial charge is 0.478 e. The van der Waals surface area contributed by atoms with Crippen LogP contribution < -0.4 is 0 Å². The minimum absolute atomic E-state index is 0.180. The van der Waals surface area contributed by atoms with E-state index < -0.39 is 23.7 Å². The highest BCUT2D eigenvalue weighted by atomic mass is 19.3. The van der Waals surface area contributed by atoms with Crippen LogP contribution in [0.25, 0.3) is 0 Å². The summed E-state index contributed by atoms with van der Waals surface area (Å²) in [6.45, 7) is 1.90. The molecule has 0 saturated carbocycles. The summed E-state index contributed by atoms with van der Waals surface area (Å²) >= 11 is 0. The summed E-state index contributed by atoms with van der Waals surface area (Å²) in [5.41, 5.74) is 0.609. The molecule has 2 aromatic rings. The van der Waals surface area contributed by atoms with Crippen molar-refractivity contribution < 1.29 is 18.7 Å². The first-order valence-electron chi connectivity index (χ1n) is 5.90. The first-order chi connectivity index (χ1) is 9.49. The zero-order valence-electron chi connectivity index (χ0n) is 10.7. The third-order valence-corrected chi connectivity index (χ3v) is 2.92. The van der Waals surface area contributed by atoms with Crippen LogP contribution in [0.1, 0.15) is 39.4 Å². The van der Waals surface area contributed by atoms with Gasteiger partial charge in [-0.15, -0.1) is 0 Å². The van der Waals surface area contributed by atoms with E-state index in [1.807, 2.05) is 31.2 Å². The number of carbonyl (C=O) groups is 1. The lowest BCUT2D eigenvalue weighted by Gasteiger charge is -2.08. The lowest BCUT2D eigenvalue weighted by atomic mass is 10.1. The van der Waals surface area contributed by atoms with Gasteiger partial charge in [-0.05, 0) is 18.1 Å². The molecule has 6 heteroatoms. The number of aromatic carboxylic acids is 1. The fourth-order valence-corrected chi connectivity index (χ4v) is 1.83. The number of carboxylic acid groups (broad SMARTS) is 1. The van der Waals surface area contributed by atoms with Gasteiger partial charge in [-0.2, -0.15) is 0 Å². The number of hydrogen-bond donors (Lipinski definition) is 1. The molecule has 1 N–H and O–H groups in total. The normalized spacial score (nSPS) is 10.8. The van der Waals surface area contributed by atoms with Crippen LogP contribution in [0.2, 0.25) is 0 Å². The molecule has 104 valence electrons. The molecule has 2 rings (SSSR count). The molecule has 0 saturated heterocycles. The van der Waals surface area contributed by atoms with E-state index in [4.69, 9.17) is 5.11 Å². The van der Waals surface area contributed by atoms with E-state index in [1.165, 1.54) is 0 Å². The number of hydrogen-bond acceptors (Lipinski definition) is 3. The van der Waals surface area contributed by atoms with E-state index in [-0.39, 0.29) is 12.2 Å². The minimum Gasteiger partial charge on any atom is -0.478 e. The summed E-state index contributed by atoms with van der Waals surface area (Å²) in [6, 6.07) is 7.46. The fraction of sp³-hybridized carbons (Fsp3) is 0.214. The SMILES string of the molecule is Cc1ccccc1Cc1ncc(C(=O)O)c(C(F)F)n1. The second kappa shape index (κ2) is 5.73. The zero-order valence-corrected chi connectivity index (χ0v) is 10.7. The van der Waals surface area contributed by atoms with Crippen LogP contribution in [0.5, 0.6) is 0 Å². The third-order valence-electron chi connectivity index (χ3n) is 2.92. The van der Waals surface area contributed by atoms with Gasteiger partial charge in [-0.25, -0.2) is 23.5 Å². The van der Waals surface area contributed by atoms with Crippen molar-refractivity contribution >= 4 is 5.97 Å². The van der Waals surface area contributed by atoms with E-state index >= 15 is 0 Å². The molecule has 0 unspecified atom stereocenters. The molecule has 0 atom stereocenters. The Labute approximate surface area is 114 Å². The number of halogens is 2. The van der Waals surface area contributed by atoms with Gasteiger partial charge in [0, 0.05) is 12.6 Å². The highest BCUT2D eigenvalue weighted by Gasteiger charge is 2.21. The Morgan fingerprint density at radius 2 is 2.05 bits per heavy atom. The minimum atomic E-state index is -2.94. The molecule has 0 fully saturated rings. The molecular weight excluding hydrogens is 266 g/mol. The number of nitrogens with zero attached hydrogens (tertiary/aromatic N) is 2. The molecule has 0 bridgehead atoms. The standard InChI is InChI=1S/C14H12F2N2O2/c1-8-4-2-3-5-9(8)6-11-17-7-10(14(19)20)12(18-11)13(15)16/h2-5,7,13H,6H2,1H3,(H,19,20). The summed E-state index contributed by atoms with van der Waals surface area (Å²) in [6.07, 6.45) is -1.73. The van der Waals surface area contributed by atoms with Crippen molar-refractivity contribution in [3.8, 4) is 0 Å². The van der Waals surface area contributed by atoms with Crippen LogP contribution in [-0.4, -0.2) is 21.0 Å². The molecular formula is C14H12F2N2O2. The van der Waals surface area contributed by atoms with Gasteiger partial charge < -0.3 is 5.11 Å². The Kier molecular flexibility index (Phi) is 4.02. The summed E-state index contributed by atoms with van der Waals surface area (Å²) in [5, 5.41) is 8.83. The van der Waals surface area contributed by atoms with Crippen molar-refractivity contribution in [1.82, 2.24) is 9.97 Å². The van der Waals surface area contributed by atoms with E-state index in [2.05, 4.69) is 9.97 Å². The molecule has 0 aliphatic carbocycles. The van der Waals surface area contributed by atoms with E-state index in [0.717, 1.165) is 17.3 Å². The molecule has 20 heavy (non-hydrogen) atoms. The van der Waals surface area contributed by atoms with Gasteiger partial charge in [0.25, 0.3) is 6.43 Å². The van der Waals surface area contributed by atoms with Gasteiger partial charge in [0.05, 0.1) is 0 Å². The second-order valence-electron chi connectivity index (χ2n) is 4.29. The molecule has 0 radical (unpaired) electrons. The van der Waals surface area contributed by atoms with E-state index in [1.54, 1.807) is 0 Å². The monoisotopic (exact) mass is 278 g/mol. The van der Waals surface area contributed by atoms with Gasteiger partial charge >= 0.3 is 5.97 Å². The van der Waals surface area contributed by atoms with Crippen LogP contribution in [-0.2, 0) is 6.42 Å². The van der Waals surface area contributed by atoms with Crippen LogP contribution >= 0.6 is 0 Å². The average Bonchev–Trinajstić information content (AvgIpc) is 2.41. The van der Waals surface area contributed by atoms with Crippen molar-refractivity contribution in [3.63, 3.8) is 0 Å². The van der Waals surface area contributed by atoms with Gasteiger partial charge in [0.1, 0.15) is 17.1 Å². The van der Waals surface area contributed by atoms with Crippen molar-refractivity contribution in [2.24, 2.45) is 0 Å². The van der Waals surface area contributed by atoms with Crippen LogP contribution in [0.15, 0.2) is 30.5 Å².